The maximum Gasteiger partial charge on any atom is 0.374 e. The molecule has 0 fully saturated rings. The van der Waals surface area contributed by atoms with E-state index in [0.29, 0.717) is 24.7 Å². The fraction of sp³-hybridized carbons (Fsp3) is 0.286. The molecule has 0 aliphatic heterocycles. The molecule has 0 atom stereocenters. The van der Waals surface area contributed by atoms with Crippen LogP contribution in [0.15, 0.2) is 59.3 Å². The van der Waals surface area contributed by atoms with E-state index < -0.39 is 18.5 Å². The van der Waals surface area contributed by atoms with Gasteiger partial charge in [0.1, 0.15) is 23.9 Å². The molecule has 2 heterocycles. The number of nitrogens with one attached hydrogen (secondary N) is 1. The third kappa shape index (κ3) is 6.40. The monoisotopic (exact) mass is 413 g/mol. The fourth-order valence-electron chi connectivity index (χ4n) is 2.54. The number of hydrogen-bond donors (Lipinski definition) is 1. The maximum atomic E-state index is 12.0. The Bertz CT molecular complexity index is 934. The van der Waals surface area contributed by atoms with Crippen LogP contribution >= 0.6 is 0 Å². The van der Waals surface area contributed by atoms with E-state index in [9.17, 15) is 9.59 Å². The SMILES string of the molecule is CCOc1ccc(OCCNC(=O)COC(=O)c2ccc(Cn3cccn3)o2)cc1. The zero-order valence-electron chi connectivity index (χ0n) is 16.6. The summed E-state index contributed by atoms with van der Waals surface area (Å²) < 4.78 is 22.9. The molecule has 30 heavy (non-hydrogen) atoms. The topological polar surface area (TPSA) is 105 Å². The number of esters is 1. The lowest BCUT2D eigenvalue weighted by Crippen LogP contribution is -2.32. The Morgan fingerprint density at radius 3 is 2.57 bits per heavy atom. The summed E-state index contributed by atoms with van der Waals surface area (Å²) >= 11 is 0. The van der Waals surface area contributed by atoms with E-state index >= 15 is 0 Å². The summed E-state index contributed by atoms with van der Waals surface area (Å²) in [6.45, 7) is 3.06. The lowest BCUT2D eigenvalue weighted by molar-refractivity contribution is -0.124. The first-order valence-electron chi connectivity index (χ1n) is 9.49. The molecule has 0 unspecified atom stereocenters. The molecule has 0 aliphatic rings. The molecule has 1 N–H and O–H groups in total. The number of rotatable bonds is 11. The number of furan rings is 1. The fourth-order valence-corrected chi connectivity index (χ4v) is 2.54. The lowest BCUT2D eigenvalue weighted by atomic mass is 10.3. The van der Waals surface area contributed by atoms with Crippen LogP contribution in [0.25, 0.3) is 0 Å². The summed E-state index contributed by atoms with van der Waals surface area (Å²) in [6.07, 6.45) is 3.43. The van der Waals surface area contributed by atoms with Crippen molar-refractivity contribution in [1.29, 1.82) is 0 Å². The van der Waals surface area contributed by atoms with Crippen molar-refractivity contribution in [2.75, 3.05) is 26.4 Å². The first-order valence-corrected chi connectivity index (χ1v) is 9.49. The number of aromatic nitrogens is 2. The van der Waals surface area contributed by atoms with Gasteiger partial charge in [-0.3, -0.25) is 9.48 Å². The van der Waals surface area contributed by atoms with Crippen LogP contribution in [0, 0.1) is 0 Å². The molecular formula is C21H23N3O6. The van der Waals surface area contributed by atoms with Crippen LogP contribution in [-0.2, 0) is 16.1 Å². The molecule has 0 spiro atoms. The molecule has 3 aromatic rings. The molecule has 1 amide bonds. The maximum absolute atomic E-state index is 12.0. The van der Waals surface area contributed by atoms with Crippen molar-refractivity contribution >= 4 is 11.9 Å². The van der Waals surface area contributed by atoms with Crippen molar-refractivity contribution in [3.63, 3.8) is 0 Å². The van der Waals surface area contributed by atoms with Gasteiger partial charge in [0.2, 0.25) is 5.76 Å². The van der Waals surface area contributed by atoms with Gasteiger partial charge in [0, 0.05) is 12.4 Å². The van der Waals surface area contributed by atoms with Gasteiger partial charge in [-0.05, 0) is 49.4 Å². The van der Waals surface area contributed by atoms with E-state index in [1.165, 1.54) is 6.07 Å². The summed E-state index contributed by atoms with van der Waals surface area (Å²) in [5, 5.41) is 6.68. The number of amides is 1. The predicted molar refractivity (Wildman–Crippen MR) is 106 cm³/mol. The summed E-state index contributed by atoms with van der Waals surface area (Å²) in [5.41, 5.74) is 0. The Hall–Kier alpha value is -3.75. The second kappa shape index (κ2) is 10.7. The molecule has 0 bridgehead atoms. The Balaban J connectivity index is 1.32. The number of ether oxygens (including phenoxy) is 3. The van der Waals surface area contributed by atoms with Crippen molar-refractivity contribution in [1.82, 2.24) is 15.1 Å². The quantitative estimate of drug-likeness (QED) is 0.380. The standard InChI is InChI=1S/C21H23N3O6/c1-2-27-16-4-6-17(7-5-16)28-13-11-22-20(25)15-29-21(26)19-9-8-18(30-19)14-24-12-3-10-23-24/h3-10,12H,2,11,13-15H2,1H3,(H,22,25). The van der Waals surface area contributed by atoms with Crippen molar-refractivity contribution in [3.8, 4) is 11.5 Å². The molecule has 3 rings (SSSR count). The van der Waals surface area contributed by atoms with Crippen molar-refractivity contribution in [3.05, 3.63) is 66.4 Å². The normalized spacial score (nSPS) is 10.4. The van der Waals surface area contributed by atoms with Crippen LogP contribution < -0.4 is 14.8 Å². The van der Waals surface area contributed by atoms with E-state index in [1.807, 2.05) is 19.1 Å². The number of benzene rings is 1. The molecule has 158 valence electrons. The van der Waals surface area contributed by atoms with E-state index in [2.05, 4.69) is 10.4 Å². The van der Waals surface area contributed by atoms with Gasteiger partial charge in [-0.2, -0.15) is 5.10 Å². The van der Waals surface area contributed by atoms with Crippen LogP contribution in [0.4, 0.5) is 0 Å². The van der Waals surface area contributed by atoms with E-state index in [4.69, 9.17) is 18.6 Å². The van der Waals surface area contributed by atoms with Gasteiger partial charge >= 0.3 is 5.97 Å². The molecule has 0 radical (unpaired) electrons. The molecule has 0 saturated carbocycles. The van der Waals surface area contributed by atoms with E-state index in [-0.39, 0.29) is 18.9 Å². The van der Waals surface area contributed by atoms with Gasteiger partial charge in [-0.25, -0.2) is 4.79 Å². The van der Waals surface area contributed by atoms with Crippen LogP contribution in [0.1, 0.15) is 23.2 Å². The Kier molecular flexibility index (Phi) is 7.48. The largest absolute Gasteiger partial charge is 0.494 e. The van der Waals surface area contributed by atoms with Gasteiger partial charge < -0.3 is 23.9 Å². The van der Waals surface area contributed by atoms with Crippen molar-refractivity contribution < 1.29 is 28.2 Å². The third-order valence-corrected chi connectivity index (χ3v) is 3.90. The summed E-state index contributed by atoms with van der Waals surface area (Å²) in [7, 11) is 0. The Morgan fingerprint density at radius 2 is 1.87 bits per heavy atom. The van der Waals surface area contributed by atoms with Crippen LogP contribution in [0.5, 0.6) is 11.5 Å². The van der Waals surface area contributed by atoms with Crippen LogP contribution in [-0.4, -0.2) is 48.0 Å². The summed E-state index contributed by atoms with van der Waals surface area (Å²) in [5.74, 6) is 0.891. The van der Waals surface area contributed by atoms with Gasteiger partial charge in [0.05, 0.1) is 19.7 Å². The highest BCUT2D eigenvalue weighted by Crippen LogP contribution is 2.17. The summed E-state index contributed by atoms with van der Waals surface area (Å²) in [6, 6.07) is 12.2. The summed E-state index contributed by atoms with van der Waals surface area (Å²) in [4.78, 5) is 23.8. The average Bonchev–Trinajstić information content (AvgIpc) is 3.43. The highest BCUT2D eigenvalue weighted by atomic mass is 16.5. The Labute approximate surface area is 173 Å². The Morgan fingerprint density at radius 1 is 1.10 bits per heavy atom. The minimum absolute atomic E-state index is 0.0313. The molecule has 0 aliphatic carbocycles. The molecule has 2 aromatic heterocycles. The average molecular weight is 413 g/mol. The molecular weight excluding hydrogens is 390 g/mol. The highest BCUT2D eigenvalue weighted by Gasteiger charge is 2.15. The zero-order chi connectivity index (χ0) is 21.2. The number of carbonyl (C=O) groups is 2. The molecule has 9 nitrogen and oxygen atoms in total. The van der Waals surface area contributed by atoms with Crippen LogP contribution in [0.2, 0.25) is 0 Å². The first-order chi connectivity index (χ1) is 14.6. The predicted octanol–water partition coefficient (Wildman–Crippen LogP) is 2.28. The van der Waals surface area contributed by atoms with Crippen molar-refractivity contribution in [2.24, 2.45) is 0 Å². The van der Waals surface area contributed by atoms with E-state index in [0.717, 1.165) is 5.75 Å². The molecule has 0 saturated heterocycles. The smallest absolute Gasteiger partial charge is 0.374 e. The van der Waals surface area contributed by atoms with E-state index in [1.54, 1.807) is 41.3 Å². The van der Waals surface area contributed by atoms with Crippen molar-refractivity contribution in [2.45, 2.75) is 13.5 Å². The third-order valence-electron chi connectivity index (χ3n) is 3.90. The minimum Gasteiger partial charge on any atom is -0.494 e. The zero-order valence-corrected chi connectivity index (χ0v) is 16.6. The number of carbonyl (C=O) groups excluding carboxylic acids is 2. The van der Waals surface area contributed by atoms with Gasteiger partial charge in [-0.15, -0.1) is 0 Å². The molecule has 1 aromatic carbocycles. The number of nitrogens with zero attached hydrogens (tertiary/aromatic N) is 2. The highest BCUT2D eigenvalue weighted by molar-refractivity contribution is 5.88. The lowest BCUT2D eigenvalue weighted by Gasteiger charge is -2.09. The second-order valence-corrected chi connectivity index (χ2v) is 6.15. The number of hydrogen-bond acceptors (Lipinski definition) is 7. The van der Waals surface area contributed by atoms with Gasteiger partial charge in [0.25, 0.3) is 5.91 Å². The van der Waals surface area contributed by atoms with Crippen LogP contribution in [0.3, 0.4) is 0 Å². The first kappa shape index (κ1) is 21.0. The molecule has 9 heteroatoms. The minimum atomic E-state index is -0.706. The van der Waals surface area contributed by atoms with Gasteiger partial charge in [0.15, 0.2) is 6.61 Å². The second-order valence-electron chi connectivity index (χ2n) is 6.15. The van der Waals surface area contributed by atoms with Gasteiger partial charge in [-0.1, -0.05) is 0 Å².